The van der Waals surface area contributed by atoms with Crippen LogP contribution in [0.15, 0.2) is 170 Å². The summed E-state index contributed by atoms with van der Waals surface area (Å²) in [5.41, 5.74) is 8.44. The second kappa shape index (κ2) is 11.2. The Labute approximate surface area is 272 Å². The molecule has 0 aliphatic rings. The third-order valence-corrected chi connectivity index (χ3v) is 8.86. The minimum Gasteiger partial charge on any atom is -0.309 e. The molecule has 0 unspecified atom stereocenters. The molecule has 0 bridgehead atoms. The fourth-order valence-electron chi connectivity index (χ4n) is 6.57. The molecule has 4 nitrogen and oxygen atoms in total. The summed E-state index contributed by atoms with van der Waals surface area (Å²) in [5, 5.41) is 4.75. The third kappa shape index (κ3) is 4.75. The molecule has 0 radical (unpaired) electrons. The standard InChI is InChI=1S/C43H28N4/c1-2-12-29(13-3-1)31-22-25-32(26-23-31)41-44-42(34-27-24-30-14-4-5-15-33(30)28-34)46-43(45-41)37-18-8-11-21-40(37)47-38-19-9-6-16-35(38)36-17-7-10-20-39(36)47/h1-28H. The molecule has 0 aliphatic heterocycles. The number of nitrogens with zero attached hydrogens (tertiary/aromatic N) is 4. The number of hydrogen-bond acceptors (Lipinski definition) is 3. The van der Waals surface area contributed by atoms with Crippen LogP contribution in [0.25, 0.3) is 83.6 Å². The van der Waals surface area contributed by atoms with Crippen LogP contribution in [0.2, 0.25) is 0 Å². The van der Waals surface area contributed by atoms with Crippen molar-refractivity contribution in [2.75, 3.05) is 0 Å². The van der Waals surface area contributed by atoms with E-state index in [0.717, 1.165) is 44.4 Å². The van der Waals surface area contributed by atoms with Crippen LogP contribution in [-0.4, -0.2) is 19.5 Å². The summed E-state index contributed by atoms with van der Waals surface area (Å²) in [6.45, 7) is 0. The molecule has 2 heterocycles. The molecule has 0 fully saturated rings. The van der Waals surface area contributed by atoms with Crippen molar-refractivity contribution in [2.45, 2.75) is 0 Å². The fraction of sp³-hybridized carbons (Fsp3) is 0. The summed E-state index contributed by atoms with van der Waals surface area (Å²) in [4.78, 5) is 15.4. The van der Waals surface area contributed by atoms with Gasteiger partial charge in [-0.25, -0.2) is 15.0 Å². The summed E-state index contributed by atoms with van der Waals surface area (Å²) in [5.74, 6) is 1.90. The van der Waals surface area contributed by atoms with Crippen molar-refractivity contribution < 1.29 is 0 Å². The minimum atomic E-state index is 0.628. The van der Waals surface area contributed by atoms with E-state index in [1.165, 1.54) is 21.7 Å². The zero-order valence-corrected chi connectivity index (χ0v) is 25.5. The zero-order valence-electron chi connectivity index (χ0n) is 25.5. The Morgan fingerprint density at radius 1 is 0.340 bits per heavy atom. The minimum absolute atomic E-state index is 0.628. The summed E-state index contributed by atoms with van der Waals surface area (Å²) >= 11 is 0. The largest absolute Gasteiger partial charge is 0.309 e. The summed E-state index contributed by atoms with van der Waals surface area (Å²) in [6.07, 6.45) is 0. The van der Waals surface area contributed by atoms with Gasteiger partial charge < -0.3 is 4.57 Å². The van der Waals surface area contributed by atoms with Gasteiger partial charge in [0.1, 0.15) is 0 Å². The first-order valence-electron chi connectivity index (χ1n) is 15.8. The normalized spacial score (nSPS) is 11.4. The van der Waals surface area contributed by atoms with Gasteiger partial charge in [-0.15, -0.1) is 0 Å². The van der Waals surface area contributed by atoms with E-state index >= 15 is 0 Å². The number of fused-ring (bicyclic) bond motifs is 4. The highest BCUT2D eigenvalue weighted by Gasteiger charge is 2.19. The molecule has 9 aromatic rings. The highest BCUT2D eigenvalue weighted by atomic mass is 15.1. The average Bonchev–Trinajstić information content (AvgIpc) is 3.49. The van der Waals surface area contributed by atoms with Crippen molar-refractivity contribution in [3.63, 3.8) is 0 Å². The predicted octanol–water partition coefficient (Wildman–Crippen LogP) is 10.8. The molecular weight excluding hydrogens is 573 g/mol. The molecule has 2 aromatic heterocycles. The molecule has 0 saturated carbocycles. The molecule has 0 saturated heterocycles. The lowest BCUT2D eigenvalue weighted by Crippen LogP contribution is -2.03. The Hall–Kier alpha value is -6.39. The van der Waals surface area contributed by atoms with E-state index in [1.807, 2.05) is 6.07 Å². The summed E-state index contributed by atoms with van der Waals surface area (Å²) < 4.78 is 2.33. The Balaban J connectivity index is 1.26. The van der Waals surface area contributed by atoms with Gasteiger partial charge in [-0.2, -0.15) is 0 Å². The lowest BCUT2D eigenvalue weighted by atomic mass is 10.0. The second-order valence-electron chi connectivity index (χ2n) is 11.7. The summed E-state index contributed by atoms with van der Waals surface area (Å²) in [6, 6.07) is 59.2. The second-order valence-corrected chi connectivity index (χ2v) is 11.7. The predicted molar refractivity (Wildman–Crippen MR) is 193 cm³/mol. The molecule has 0 N–H and O–H groups in total. The molecule has 220 valence electrons. The van der Waals surface area contributed by atoms with Crippen molar-refractivity contribution in [3.05, 3.63) is 170 Å². The zero-order chi connectivity index (χ0) is 31.2. The van der Waals surface area contributed by atoms with Crippen LogP contribution in [0.3, 0.4) is 0 Å². The van der Waals surface area contributed by atoms with Crippen molar-refractivity contribution in [1.82, 2.24) is 19.5 Å². The molecule has 0 aliphatic carbocycles. The van der Waals surface area contributed by atoms with Crippen LogP contribution in [0.1, 0.15) is 0 Å². The van der Waals surface area contributed by atoms with Gasteiger partial charge in [-0.05, 0) is 52.2 Å². The lowest BCUT2D eigenvalue weighted by molar-refractivity contribution is 1.06. The number of hydrogen-bond donors (Lipinski definition) is 0. The Morgan fingerprint density at radius 2 is 0.851 bits per heavy atom. The van der Waals surface area contributed by atoms with Crippen molar-refractivity contribution in [2.24, 2.45) is 0 Å². The highest BCUT2D eigenvalue weighted by molar-refractivity contribution is 6.09. The van der Waals surface area contributed by atoms with E-state index in [4.69, 9.17) is 15.0 Å². The Bertz CT molecular complexity index is 2510. The first-order valence-corrected chi connectivity index (χ1v) is 15.8. The third-order valence-electron chi connectivity index (χ3n) is 8.86. The summed E-state index contributed by atoms with van der Waals surface area (Å²) in [7, 11) is 0. The molecule has 4 heteroatoms. The topological polar surface area (TPSA) is 43.6 Å². The van der Waals surface area contributed by atoms with E-state index in [-0.39, 0.29) is 0 Å². The Morgan fingerprint density at radius 3 is 1.60 bits per heavy atom. The van der Waals surface area contributed by atoms with E-state index in [2.05, 4.69) is 168 Å². The smallest absolute Gasteiger partial charge is 0.166 e. The molecule has 0 amide bonds. The van der Waals surface area contributed by atoms with Crippen LogP contribution >= 0.6 is 0 Å². The molecular formula is C43H28N4. The number of para-hydroxylation sites is 3. The van der Waals surface area contributed by atoms with Gasteiger partial charge in [0.2, 0.25) is 0 Å². The van der Waals surface area contributed by atoms with Gasteiger partial charge in [0.05, 0.1) is 16.7 Å². The van der Waals surface area contributed by atoms with Crippen LogP contribution < -0.4 is 0 Å². The van der Waals surface area contributed by atoms with E-state index in [0.29, 0.717) is 17.5 Å². The fourth-order valence-corrected chi connectivity index (χ4v) is 6.57. The molecule has 7 aromatic carbocycles. The average molecular weight is 601 g/mol. The van der Waals surface area contributed by atoms with Crippen molar-refractivity contribution in [1.29, 1.82) is 0 Å². The van der Waals surface area contributed by atoms with Gasteiger partial charge in [-0.1, -0.05) is 140 Å². The van der Waals surface area contributed by atoms with Crippen molar-refractivity contribution in [3.8, 4) is 51.0 Å². The maximum atomic E-state index is 5.17. The maximum Gasteiger partial charge on any atom is 0.166 e. The highest BCUT2D eigenvalue weighted by Crippen LogP contribution is 2.36. The number of benzene rings is 7. The SMILES string of the molecule is c1ccc(-c2ccc(-c3nc(-c4ccc5ccccc5c4)nc(-c4ccccc4-n4c5ccccc5c5ccccc54)n3)cc2)cc1. The van der Waals surface area contributed by atoms with Crippen LogP contribution in [-0.2, 0) is 0 Å². The van der Waals surface area contributed by atoms with Crippen molar-refractivity contribution >= 4 is 32.6 Å². The molecule has 47 heavy (non-hydrogen) atoms. The Kier molecular flexibility index (Phi) is 6.43. The quantitative estimate of drug-likeness (QED) is 0.197. The monoisotopic (exact) mass is 600 g/mol. The molecule has 0 atom stereocenters. The first kappa shape index (κ1) is 27.0. The van der Waals surface area contributed by atoms with Gasteiger partial charge in [-0.3, -0.25) is 0 Å². The maximum absolute atomic E-state index is 5.17. The van der Waals surface area contributed by atoms with Gasteiger partial charge in [0.15, 0.2) is 17.5 Å². The van der Waals surface area contributed by atoms with Crippen LogP contribution in [0.5, 0.6) is 0 Å². The van der Waals surface area contributed by atoms with Gasteiger partial charge in [0.25, 0.3) is 0 Å². The molecule has 9 rings (SSSR count). The number of aromatic nitrogens is 4. The number of rotatable bonds is 5. The van der Waals surface area contributed by atoms with Gasteiger partial charge >= 0.3 is 0 Å². The van der Waals surface area contributed by atoms with E-state index in [9.17, 15) is 0 Å². The van der Waals surface area contributed by atoms with Gasteiger partial charge in [0, 0.05) is 27.5 Å². The van der Waals surface area contributed by atoms with E-state index in [1.54, 1.807) is 0 Å². The van der Waals surface area contributed by atoms with Crippen LogP contribution in [0, 0.1) is 0 Å². The first-order chi connectivity index (χ1) is 23.3. The van der Waals surface area contributed by atoms with E-state index < -0.39 is 0 Å². The van der Waals surface area contributed by atoms with Crippen LogP contribution in [0.4, 0.5) is 0 Å². The molecule has 0 spiro atoms. The lowest BCUT2D eigenvalue weighted by Gasteiger charge is -2.14.